The number of piperidine rings is 1. The van der Waals surface area contributed by atoms with Crippen LogP contribution in [0.2, 0.25) is 0 Å². The summed E-state index contributed by atoms with van der Waals surface area (Å²) in [7, 11) is 0. The SMILES string of the molecule is C=CCn1c(=O)oc2ccc(C(=O)N3CCC4(CC3)OCCO4)cc21. The predicted molar refractivity (Wildman–Crippen MR) is 90.4 cm³/mol. The lowest BCUT2D eigenvalue weighted by Crippen LogP contribution is -2.47. The van der Waals surface area contributed by atoms with Gasteiger partial charge >= 0.3 is 5.76 Å². The number of aromatic nitrogens is 1. The molecule has 25 heavy (non-hydrogen) atoms. The van der Waals surface area contributed by atoms with Gasteiger partial charge in [0.15, 0.2) is 11.4 Å². The zero-order valence-corrected chi connectivity index (χ0v) is 13.9. The van der Waals surface area contributed by atoms with Crippen molar-refractivity contribution < 1.29 is 18.7 Å². The number of carbonyl (C=O) groups excluding carboxylic acids is 1. The van der Waals surface area contributed by atoms with E-state index in [-0.39, 0.29) is 5.91 Å². The Hall–Kier alpha value is -2.38. The molecular weight excluding hydrogens is 324 g/mol. The molecular formula is C18H20N2O5. The molecule has 0 atom stereocenters. The van der Waals surface area contributed by atoms with Crippen molar-refractivity contribution in [3.05, 3.63) is 47.0 Å². The van der Waals surface area contributed by atoms with Crippen LogP contribution in [0.4, 0.5) is 0 Å². The van der Waals surface area contributed by atoms with E-state index in [1.807, 2.05) is 0 Å². The van der Waals surface area contributed by atoms with E-state index in [1.165, 1.54) is 4.57 Å². The Kier molecular flexibility index (Phi) is 3.97. The van der Waals surface area contributed by atoms with Gasteiger partial charge in [-0.2, -0.15) is 0 Å². The number of carbonyl (C=O) groups is 1. The summed E-state index contributed by atoms with van der Waals surface area (Å²) < 4.78 is 18.1. The first-order chi connectivity index (χ1) is 12.1. The van der Waals surface area contributed by atoms with E-state index in [0.29, 0.717) is 62.4 Å². The molecule has 1 spiro atoms. The van der Waals surface area contributed by atoms with E-state index < -0.39 is 11.5 Å². The first kappa shape index (κ1) is 16.1. The Balaban J connectivity index is 1.57. The van der Waals surface area contributed by atoms with Gasteiger partial charge in [-0.15, -0.1) is 6.58 Å². The monoisotopic (exact) mass is 344 g/mol. The first-order valence-electron chi connectivity index (χ1n) is 8.43. The van der Waals surface area contributed by atoms with Crippen molar-refractivity contribution in [2.75, 3.05) is 26.3 Å². The maximum Gasteiger partial charge on any atom is 0.420 e. The highest BCUT2D eigenvalue weighted by Crippen LogP contribution is 2.31. The van der Waals surface area contributed by atoms with Crippen LogP contribution in [0.25, 0.3) is 11.1 Å². The summed E-state index contributed by atoms with van der Waals surface area (Å²) >= 11 is 0. The minimum atomic E-state index is -0.504. The van der Waals surface area contributed by atoms with Gasteiger partial charge in [0.1, 0.15) is 0 Å². The van der Waals surface area contributed by atoms with Crippen LogP contribution < -0.4 is 5.76 Å². The van der Waals surface area contributed by atoms with Crippen LogP contribution in [-0.4, -0.2) is 47.5 Å². The predicted octanol–water partition coefficient (Wildman–Crippen LogP) is 1.76. The van der Waals surface area contributed by atoms with Gasteiger partial charge in [0.2, 0.25) is 0 Å². The standard InChI is InChI=1S/C18H20N2O5/c1-2-7-20-14-12-13(3-4-15(14)25-17(20)22)16(21)19-8-5-18(6-9-19)23-10-11-24-18/h2-4,12H,1,5-11H2. The summed E-state index contributed by atoms with van der Waals surface area (Å²) in [5.41, 5.74) is 1.61. The molecule has 0 unspecified atom stereocenters. The van der Waals surface area contributed by atoms with Crippen LogP contribution in [0.1, 0.15) is 23.2 Å². The zero-order chi connectivity index (χ0) is 17.4. The number of fused-ring (bicyclic) bond motifs is 1. The maximum absolute atomic E-state index is 12.8. The molecule has 2 aliphatic heterocycles. The lowest BCUT2D eigenvalue weighted by atomic mass is 10.0. The number of nitrogens with zero attached hydrogens (tertiary/aromatic N) is 2. The van der Waals surface area contributed by atoms with Gasteiger partial charge in [0, 0.05) is 38.0 Å². The van der Waals surface area contributed by atoms with Crippen molar-refractivity contribution in [2.24, 2.45) is 0 Å². The molecule has 2 aromatic rings. The quantitative estimate of drug-likeness (QED) is 0.793. The molecule has 0 radical (unpaired) electrons. The molecule has 3 heterocycles. The molecule has 0 aliphatic carbocycles. The molecule has 2 fully saturated rings. The number of ether oxygens (including phenoxy) is 2. The van der Waals surface area contributed by atoms with E-state index in [2.05, 4.69) is 6.58 Å². The van der Waals surface area contributed by atoms with E-state index >= 15 is 0 Å². The number of oxazole rings is 1. The normalized spacial score (nSPS) is 19.6. The molecule has 0 bridgehead atoms. The molecule has 0 N–H and O–H groups in total. The lowest BCUT2D eigenvalue weighted by molar-refractivity contribution is -0.181. The van der Waals surface area contributed by atoms with Gasteiger partial charge < -0.3 is 18.8 Å². The Morgan fingerprint density at radius 1 is 1.24 bits per heavy atom. The maximum atomic E-state index is 12.8. The Morgan fingerprint density at radius 3 is 2.64 bits per heavy atom. The molecule has 1 aromatic carbocycles. The third kappa shape index (κ3) is 2.79. The minimum absolute atomic E-state index is 0.0615. The molecule has 0 saturated carbocycles. The fourth-order valence-electron chi connectivity index (χ4n) is 3.52. The number of rotatable bonds is 3. The third-order valence-electron chi connectivity index (χ3n) is 4.85. The van der Waals surface area contributed by atoms with Gasteiger partial charge in [-0.3, -0.25) is 9.36 Å². The van der Waals surface area contributed by atoms with E-state index in [4.69, 9.17) is 13.9 Å². The number of allylic oxidation sites excluding steroid dienone is 1. The fourth-order valence-corrected chi connectivity index (χ4v) is 3.52. The highest BCUT2D eigenvalue weighted by molar-refractivity contribution is 5.97. The molecule has 7 nitrogen and oxygen atoms in total. The summed E-state index contributed by atoms with van der Waals surface area (Å²) in [6, 6.07) is 5.07. The van der Waals surface area contributed by atoms with Gasteiger partial charge in [-0.1, -0.05) is 6.08 Å². The van der Waals surface area contributed by atoms with Crippen molar-refractivity contribution in [3.63, 3.8) is 0 Å². The average molecular weight is 344 g/mol. The zero-order valence-electron chi connectivity index (χ0n) is 13.9. The first-order valence-corrected chi connectivity index (χ1v) is 8.43. The summed E-state index contributed by atoms with van der Waals surface area (Å²) in [6.45, 7) is 6.39. The number of hydrogen-bond acceptors (Lipinski definition) is 5. The Labute approximate surface area is 144 Å². The highest BCUT2D eigenvalue weighted by atomic mass is 16.7. The second-order valence-electron chi connectivity index (χ2n) is 6.35. The van der Waals surface area contributed by atoms with E-state index in [9.17, 15) is 9.59 Å². The van der Waals surface area contributed by atoms with Gasteiger partial charge in [-0.05, 0) is 18.2 Å². The van der Waals surface area contributed by atoms with Crippen LogP contribution in [0, 0.1) is 0 Å². The van der Waals surface area contributed by atoms with Gasteiger partial charge in [0.25, 0.3) is 5.91 Å². The van der Waals surface area contributed by atoms with Crippen LogP contribution in [-0.2, 0) is 16.0 Å². The summed E-state index contributed by atoms with van der Waals surface area (Å²) in [5.74, 6) is -1.01. The lowest BCUT2D eigenvalue weighted by Gasteiger charge is -2.37. The molecule has 132 valence electrons. The number of likely N-dealkylation sites (tertiary alicyclic amines) is 1. The molecule has 1 amide bonds. The summed E-state index contributed by atoms with van der Waals surface area (Å²) in [6.07, 6.45) is 2.97. The topological polar surface area (TPSA) is 73.9 Å². The Bertz CT molecular complexity index is 865. The Morgan fingerprint density at radius 2 is 1.96 bits per heavy atom. The summed E-state index contributed by atoms with van der Waals surface area (Å²) in [5, 5.41) is 0. The van der Waals surface area contributed by atoms with Crippen molar-refractivity contribution in [1.82, 2.24) is 9.47 Å². The van der Waals surface area contributed by atoms with E-state index in [0.717, 1.165) is 0 Å². The van der Waals surface area contributed by atoms with Crippen LogP contribution in [0.15, 0.2) is 40.1 Å². The van der Waals surface area contributed by atoms with Gasteiger partial charge in [0.05, 0.1) is 18.7 Å². The van der Waals surface area contributed by atoms with Gasteiger partial charge in [-0.25, -0.2) is 4.79 Å². The fraction of sp³-hybridized carbons (Fsp3) is 0.444. The van der Waals surface area contributed by atoms with Crippen LogP contribution in [0.5, 0.6) is 0 Å². The highest BCUT2D eigenvalue weighted by Gasteiger charge is 2.40. The molecule has 2 saturated heterocycles. The molecule has 4 rings (SSSR count). The molecule has 7 heteroatoms. The third-order valence-corrected chi connectivity index (χ3v) is 4.85. The van der Waals surface area contributed by atoms with Crippen LogP contribution >= 0.6 is 0 Å². The minimum Gasteiger partial charge on any atom is -0.408 e. The number of amides is 1. The summed E-state index contributed by atoms with van der Waals surface area (Å²) in [4.78, 5) is 26.5. The largest absolute Gasteiger partial charge is 0.420 e. The molecule has 1 aromatic heterocycles. The van der Waals surface area contributed by atoms with Crippen molar-refractivity contribution >= 4 is 17.0 Å². The van der Waals surface area contributed by atoms with E-state index in [1.54, 1.807) is 29.2 Å². The van der Waals surface area contributed by atoms with Crippen molar-refractivity contribution in [2.45, 2.75) is 25.2 Å². The van der Waals surface area contributed by atoms with Crippen molar-refractivity contribution in [3.8, 4) is 0 Å². The van der Waals surface area contributed by atoms with Crippen LogP contribution in [0.3, 0.4) is 0 Å². The number of hydrogen-bond donors (Lipinski definition) is 0. The molecule has 2 aliphatic rings. The van der Waals surface area contributed by atoms with Crippen molar-refractivity contribution in [1.29, 1.82) is 0 Å². The number of benzene rings is 1. The second-order valence-corrected chi connectivity index (χ2v) is 6.35. The average Bonchev–Trinajstić information content (AvgIpc) is 3.20. The second kappa shape index (κ2) is 6.16. The smallest absolute Gasteiger partial charge is 0.408 e.